The number of rotatable bonds is 4. The lowest BCUT2D eigenvalue weighted by molar-refractivity contribution is 0.143. The van der Waals surface area contributed by atoms with E-state index in [4.69, 9.17) is 5.11 Å². The highest BCUT2D eigenvalue weighted by molar-refractivity contribution is 5.86. The third-order valence-corrected chi connectivity index (χ3v) is 5.61. The molecule has 4 rings (SSSR count). The van der Waals surface area contributed by atoms with Crippen molar-refractivity contribution in [3.05, 3.63) is 34.1 Å². The molecule has 156 valence electrons. The zero-order chi connectivity index (χ0) is 20.9. The van der Waals surface area contributed by atoms with Crippen LogP contribution in [0, 0.1) is 17.6 Å². The first-order valence-electron chi connectivity index (χ1n) is 9.74. The summed E-state index contributed by atoms with van der Waals surface area (Å²) in [4.78, 5) is 25.2. The molecule has 1 saturated heterocycles. The third kappa shape index (κ3) is 3.55. The fraction of sp³-hybridized carbons (Fsp3) is 0.500. The van der Waals surface area contributed by atoms with E-state index in [1.54, 1.807) is 4.90 Å². The van der Waals surface area contributed by atoms with Crippen molar-refractivity contribution in [3.8, 4) is 5.75 Å². The summed E-state index contributed by atoms with van der Waals surface area (Å²) in [6.45, 7) is 5.58. The van der Waals surface area contributed by atoms with Gasteiger partial charge in [-0.1, -0.05) is 13.8 Å². The van der Waals surface area contributed by atoms with Crippen molar-refractivity contribution in [2.45, 2.75) is 38.8 Å². The van der Waals surface area contributed by atoms with E-state index in [1.165, 1.54) is 10.8 Å². The number of fused-ring (bicyclic) bond motifs is 1. The Kier molecular flexibility index (Phi) is 4.94. The van der Waals surface area contributed by atoms with Gasteiger partial charge >= 0.3 is 6.16 Å². The number of piperazine rings is 1. The Hall–Kier alpha value is -2.68. The first kappa shape index (κ1) is 19.6. The van der Waals surface area contributed by atoms with Crippen LogP contribution in [0.25, 0.3) is 10.9 Å². The number of hydrogen-bond acceptors (Lipinski definition) is 5. The standard InChI is InChI=1S/C20H23F2N3O4/c1-10(2)14-8-24(6-5-23-14)18-13(21)7-12-17(16(18)22)25(11-3-4-11)9-15(19(12)26)29-20(27)28/h7,9-11,14,23H,3-6,8H2,1-2H3,(H,27,28). The van der Waals surface area contributed by atoms with E-state index < -0.39 is 29.0 Å². The Balaban J connectivity index is 1.89. The molecular weight excluding hydrogens is 384 g/mol. The zero-order valence-corrected chi connectivity index (χ0v) is 16.2. The van der Waals surface area contributed by atoms with Gasteiger partial charge in [0, 0.05) is 31.7 Å². The number of nitrogens with one attached hydrogen (secondary N) is 1. The fourth-order valence-corrected chi connectivity index (χ4v) is 3.93. The van der Waals surface area contributed by atoms with E-state index >= 15 is 8.78 Å². The SMILES string of the molecule is CC(C)C1CN(c2c(F)cc3c(=O)c(OC(=O)O)cn(C4CC4)c3c2F)CCN1. The van der Waals surface area contributed by atoms with Gasteiger partial charge in [-0.25, -0.2) is 13.6 Å². The quantitative estimate of drug-likeness (QED) is 0.758. The summed E-state index contributed by atoms with van der Waals surface area (Å²) in [6.07, 6.45) is 1.09. The van der Waals surface area contributed by atoms with Gasteiger partial charge in [0.25, 0.3) is 0 Å². The van der Waals surface area contributed by atoms with Gasteiger partial charge in [0.1, 0.15) is 11.5 Å². The first-order valence-corrected chi connectivity index (χ1v) is 9.74. The van der Waals surface area contributed by atoms with E-state index in [1.807, 2.05) is 13.8 Å². The number of benzene rings is 1. The van der Waals surface area contributed by atoms with E-state index in [0.717, 1.165) is 18.9 Å². The maximum absolute atomic E-state index is 15.6. The summed E-state index contributed by atoms with van der Waals surface area (Å²) >= 11 is 0. The Morgan fingerprint density at radius 1 is 1.34 bits per heavy atom. The highest BCUT2D eigenvalue weighted by Gasteiger charge is 2.32. The van der Waals surface area contributed by atoms with Crippen molar-refractivity contribution >= 4 is 22.7 Å². The Bertz CT molecular complexity index is 1030. The summed E-state index contributed by atoms with van der Waals surface area (Å²) < 4.78 is 36.7. The number of halogens is 2. The summed E-state index contributed by atoms with van der Waals surface area (Å²) in [5.74, 6) is -1.79. The molecule has 1 saturated carbocycles. The van der Waals surface area contributed by atoms with Crippen molar-refractivity contribution in [2.24, 2.45) is 5.92 Å². The molecule has 1 atom stereocenters. The van der Waals surface area contributed by atoms with Crippen LogP contribution in [0.15, 0.2) is 17.1 Å². The number of pyridine rings is 1. The van der Waals surface area contributed by atoms with Gasteiger partial charge in [-0.3, -0.25) is 4.79 Å². The third-order valence-electron chi connectivity index (χ3n) is 5.61. The number of ether oxygens (including phenoxy) is 1. The molecule has 2 N–H and O–H groups in total. The lowest BCUT2D eigenvalue weighted by Crippen LogP contribution is -2.53. The summed E-state index contributed by atoms with van der Waals surface area (Å²) in [5.41, 5.74) is -0.999. The fourth-order valence-electron chi connectivity index (χ4n) is 3.93. The first-order chi connectivity index (χ1) is 13.8. The van der Waals surface area contributed by atoms with Gasteiger partial charge in [-0.15, -0.1) is 0 Å². The van der Waals surface area contributed by atoms with Crippen LogP contribution in [-0.2, 0) is 0 Å². The van der Waals surface area contributed by atoms with Gasteiger partial charge in [0.05, 0.1) is 17.1 Å². The molecule has 0 bridgehead atoms. The summed E-state index contributed by atoms with van der Waals surface area (Å²) in [5, 5.41) is 12.0. The highest BCUT2D eigenvalue weighted by atomic mass is 19.1. The van der Waals surface area contributed by atoms with Crippen molar-refractivity contribution in [1.82, 2.24) is 9.88 Å². The molecule has 1 unspecified atom stereocenters. The summed E-state index contributed by atoms with van der Waals surface area (Å²) in [7, 11) is 0. The van der Waals surface area contributed by atoms with Gasteiger partial charge < -0.3 is 24.6 Å². The molecule has 9 heteroatoms. The minimum absolute atomic E-state index is 0.00808. The topological polar surface area (TPSA) is 83.8 Å². The minimum Gasteiger partial charge on any atom is -0.449 e. The number of carbonyl (C=O) groups is 1. The maximum Gasteiger partial charge on any atom is 0.511 e. The van der Waals surface area contributed by atoms with Crippen molar-refractivity contribution in [1.29, 1.82) is 0 Å². The Morgan fingerprint density at radius 3 is 2.69 bits per heavy atom. The molecule has 1 aliphatic heterocycles. The van der Waals surface area contributed by atoms with Crippen LogP contribution in [0.4, 0.5) is 19.3 Å². The molecule has 29 heavy (non-hydrogen) atoms. The average Bonchev–Trinajstić information content (AvgIpc) is 3.49. The Morgan fingerprint density at radius 2 is 2.07 bits per heavy atom. The largest absolute Gasteiger partial charge is 0.511 e. The average molecular weight is 407 g/mol. The Labute approximate surface area is 165 Å². The second-order valence-electron chi connectivity index (χ2n) is 8.00. The molecule has 0 radical (unpaired) electrons. The molecule has 1 aliphatic carbocycles. The lowest BCUT2D eigenvalue weighted by Gasteiger charge is -2.37. The smallest absolute Gasteiger partial charge is 0.449 e. The van der Waals surface area contributed by atoms with E-state index in [2.05, 4.69) is 10.1 Å². The van der Waals surface area contributed by atoms with Crippen LogP contribution < -0.4 is 20.4 Å². The molecule has 7 nitrogen and oxygen atoms in total. The highest BCUT2D eigenvalue weighted by Crippen LogP contribution is 2.40. The molecular formula is C20H23F2N3O4. The zero-order valence-electron chi connectivity index (χ0n) is 16.2. The summed E-state index contributed by atoms with van der Waals surface area (Å²) in [6, 6.07) is 1.01. The number of anilines is 1. The molecule has 2 fully saturated rings. The molecule has 1 aromatic carbocycles. The maximum atomic E-state index is 15.6. The van der Waals surface area contributed by atoms with Crippen LogP contribution >= 0.6 is 0 Å². The molecule has 0 spiro atoms. The van der Waals surface area contributed by atoms with E-state index in [-0.39, 0.29) is 28.7 Å². The van der Waals surface area contributed by atoms with Gasteiger partial charge in [0.15, 0.2) is 11.6 Å². The monoisotopic (exact) mass is 407 g/mol. The van der Waals surface area contributed by atoms with Gasteiger partial charge in [0.2, 0.25) is 5.43 Å². The van der Waals surface area contributed by atoms with E-state index in [0.29, 0.717) is 25.6 Å². The lowest BCUT2D eigenvalue weighted by atomic mass is 10.0. The van der Waals surface area contributed by atoms with Crippen molar-refractivity contribution in [3.63, 3.8) is 0 Å². The van der Waals surface area contributed by atoms with Crippen LogP contribution in [-0.4, -0.2) is 41.5 Å². The second-order valence-corrected chi connectivity index (χ2v) is 8.00. The van der Waals surface area contributed by atoms with Crippen LogP contribution in [0.2, 0.25) is 0 Å². The molecule has 0 amide bonds. The molecule has 2 heterocycles. The number of carboxylic acid groups (broad SMARTS) is 1. The molecule has 2 aliphatic rings. The van der Waals surface area contributed by atoms with Crippen LogP contribution in [0.3, 0.4) is 0 Å². The predicted octanol–water partition coefficient (Wildman–Crippen LogP) is 3.11. The van der Waals surface area contributed by atoms with Gasteiger partial charge in [-0.2, -0.15) is 0 Å². The van der Waals surface area contributed by atoms with Crippen molar-refractivity contribution in [2.75, 3.05) is 24.5 Å². The van der Waals surface area contributed by atoms with Crippen LogP contribution in [0.1, 0.15) is 32.7 Å². The molecule has 1 aromatic heterocycles. The van der Waals surface area contributed by atoms with Crippen LogP contribution in [0.5, 0.6) is 5.75 Å². The molecule has 2 aromatic rings. The van der Waals surface area contributed by atoms with Gasteiger partial charge in [-0.05, 0) is 24.8 Å². The number of aromatic nitrogens is 1. The number of nitrogens with zero attached hydrogens (tertiary/aromatic N) is 2. The van der Waals surface area contributed by atoms with E-state index in [9.17, 15) is 9.59 Å². The second kappa shape index (κ2) is 7.29. The predicted molar refractivity (Wildman–Crippen MR) is 104 cm³/mol. The van der Waals surface area contributed by atoms with Crippen molar-refractivity contribution < 1.29 is 23.4 Å². The minimum atomic E-state index is -1.65. The normalized spacial score (nSPS) is 19.8. The number of hydrogen-bond donors (Lipinski definition) is 2.